The molecule has 0 spiro atoms. The van der Waals surface area contributed by atoms with Gasteiger partial charge in [-0.25, -0.2) is 0 Å². The Morgan fingerprint density at radius 2 is 1.57 bits per heavy atom. The first-order valence-corrected chi connectivity index (χ1v) is 7.94. The summed E-state index contributed by atoms with van der Waals surface area (Å²) >= 11 is 0. The van der Waals surface area contributed by atoms with Gasteiger partial charge in [-0.3, -0.25) is 4.90 Å². The molecule has 0 amide bonds. The van der Waals surface area contributed by atoms with Gasteiger partial charge in [0.2, 0.25) is 0 Å². The van der Waals surface area contributed by atoms with Gasteiger partial charge >= 0.3 is 0 Å². The lowest BCUT2D eigenvalue weighted by Gasteiger charge is -2.16. The maximum absolute atomic E-state index is 3.70. The van der Waals surface area contributed by atoms with E-state index in [1.165, 1.54) is 30.6 Å². The molecule has 0 unspecified atom stereocenters. The van der Waals surface area contributed by atoms with Crippen molar-refractivity contribution in [1.29, 1.82) is 0 Å². The molecule has 1 aliphatic rings. The summed E-state index contributed by atoms with van der Waals surface area (Å²) in [6.07, 6.45) is 2.39. The topological polar surface area (TPSA) is 15.3 Å². The Hall–Kier alpha value is -1.64. The van der Waals surface area contributed by atoms with E-state index in [4.69, 9.17) is 0 Å². The van der Waals surface area contributed by atoms with E-state index in [-0.39, 0.29) is 0 Å². The van der Waals surface area contributed by atoms with E-state index in [2.05, 4.69) is 70.9 Å². The number of nitrogens with zero attached hydrogens (tertiary/aromatic N) is 1. The minimum Gasteiger partial charge on any atom is -0.312 e. The number of hydrogen-bond donors (Lipinski definition) is 1. The van der Waals surface area contributed by atoms with Crippen molar-refractivity contribution in [1.82, 2.24) is 10.2 Å². The number of benzene rings is 2. The van der Waals surface area contributed by atoms with Gasteiger partial charge in [-0.05, 0) is 30.5 Å². The van der Waals surface area contributed by atoms with E-state index in [0.29, 0.717) is 6.04 Å². The molecule has 1 atom stereocenters. The normalized spacial score (nSPS) is 19.0. The minimum absolute atomic E-state index is 0.650. The fourth-order valence-electron chi connectivity index (χ4n) is 3.05. The molecule has 1 heterocycles. The third-order valence-electron chi connectivity index (χ3n) is 4.21. The van der Waals surface area contributed by atoms with Crippen molar-refractivity contribution in [3.63, 3.8) is 0 Å². The second-order valence-electron chi connectivity index (χ2n) is 5.90. The van der Waals surface area contributed by atoms with Gasteiger partial charge in [0.25, 0.3) is 0 Å². The van der Waals surface area contributed by atoms with Crippen LogP contribution in [-0.4, -0.2) is 30.6 Å². The summed E-state index contributed by atoms with van der Waals surface area (Å²) in [5.41, 5.74) is 2.84. The van der Waals surface area contributed by atoms with Gasteiger partial charge < -0.3 is 5.32 Å². The molecule has 0 radical (unpaired) electrons. The van der Waals surface area contributed by atoms with Gasteiger partial charge in [-0.15, -0.1) is 0 Å². The van der Waals surface area contributed by atoms with Crippen LogP contribution in [0.15, 0.2) is 60.7 Å². The first-order valence-electron chi connectivity index (χ1n) is 7.94. The van der Waals surface area contributed by atoms with Crippen LogP contribution in [0.1, 0.15) is 17.5 Å². The van der Waals surface area contributed by atoms with Crippen molar-refractivity contribution >= 4 is 0 Å². The van der Waals surface area contributed by atoms with Gasteiger partial charge in [0.05, 0.1) is 0 Å². The summed E-state index contributed by atoms with van der Waals surface area (Å²) in [6.45, 7) is 4.53. The molecular weight excluding hydrogens is 256 g/mol. The zero-order valence-corrected chi connectivity index (χ0v) is 12.5. The smallest absolute Gasteiger partial charge is 0.0234 e. The standard InChI is InChI=1S/C19H24N2/c1-3-7-17(8-4-1)11-13-20-19-12-14-21(16-19)15-18-9-5-2-6-10-18/h1-10,19-20H,11-16H2/t19-/m1/s1. The van der Waals surface area contributed by atoms with Crippen molar-refractivity contribution in [2.45, 2.75) is 25.4 Å². The van der Waals surface area contributed by atoms with Gasteiger partial charge in [-0.2, -0.15) is 0 Å². The van der Waals surface area contributed by atoms with E-state index in [9.17, 15) is 0 Å². The van der Waals surface area contributed by atoms with E-state index in [1.54, 1.807) is 0 Å². The molecule has 21 heavy (non-hydrogen) atoms. The maximum Gasteiger partial charge on any atom is 0.0234 e. The van der Waals surface area contributed by atoms with Crippen molar-refractivity contribution in [3.8, 4) is 0 Å². The van der Waals surface area contributed by atoms with E-state index < -0.39 is 0 Å². The molecule has 0 aromatic heterocycles. The van der Waals surface area contributed by atoms with Gasteiger partial charge in [0, 0.05) is 25.7 Å². The van der Waals surface area contributed by atoms with Crippen molar-refractivity contribution in [2.75, 3.05) is 19.6 Å². The molecule has 0 saturated carbocycles. The Balaban J connectivity index is 1.39. The monoisotopic (exact) mass is 280 g/mol. The van der Waals surface area contributed by atoms with Crippen molar-refractivity contribution in [2.24, 2.45) is 0 Å². The average molecular weight is 280 g/mol. The summed E-state index contributed by atoms with van der Waals surface area (Å²) in [5.74, 6) is 0. The fourth-order valence-corrected chi connectivity index (χ4v) is 3.05. The van der Waals surface area contributed by atoms with E-state index in [0.717, 1.165) is 19.5 Å². The highest BCUT2D eigenvalue weighted by atomic mass is 15.2. The molecule has 0 aliphatic carbocycles. The van der Waals surface area contributed by atoms with E-state index >= 15 is 0 Å². The molecule has 1 N–H and O–H groups in total. The Kier molecular flexibility index (Phi) is 5.03. The van der Waals surface area contributed by atoms with Crippen LogP contribution < -0.4 is 5.32 Å². The van der Waals surface area contributed by atoms with Crippen LogP contribution in [0.5, 0.6) is 0 Å². The van der Waals surface area contributed by atoms with Crippen molar-refractivity contribution < 1.29 is 0 Å². The predicted octanol–water partition coefficient (Wildman–Crippen LogP) is 3.09. The molecule has 110 valence electrons. The van der Waals surface area contributed by atoms with Crippen LogP contribution in [0.25, 0.3) is 0 Å². The molecule has 1 saturated heterocycles. The van der Waals surface area contributed by atoms with Crippen molar-refractivity contribution in [3.05, 3.63) is 71.8 Å². The molecule has 0 bridgehead atoms. The minimum atomic E-state index is 0.650. The number of rotatable bonds is 6. The van der Waals surface area contributed by atoms with E-state index in [1.807, 2.05) is 0 Å². The van der Waals surface area contributed by atoms with Crippen LogP contribution >= 0.6 is 0 Å². The van der Waals surface area contributed by atoms with Gasteiger partial charge in [0.15, 0.2) is 0 Å². The summed E-state index contributed by atoms with van der Waals surface area (Å²) in [4.78, 5) is 2.55. The number of nitrogens with one attached hydrogen (secondary N) is 1. The molecule has 2 nitrogen and oxygen atoms in total. The molecular formula is C19H24N2. The Bertz CT molecular complexity index is 524. The fraction of sp³-hybridized carbons (Fsp3) is 0.368. The second kappa shape index (κ2) is 7.39. The largest absolute Gasteiger partial charge is 0.312 e. The zero-order chi connectivity index (χ0) is 14.3. The highest BCUT2D eigenvalue weighted by Gasteiger charge is 2.21. The lowest BCUT2D eigenvalue weighted by molar-refractivity contribution is 0.320. The summed E-state index contributed by atoms with van der Waals surface area (Å²) < 4.78 is 0. The lowest BCUT2D eigenvalue weighted by Crippen LogP contribution is -2.33. The zero-order valence-electron chi connectivity index (χ0n) is 12.5. The van der Waals surface area contributed by atoms with Crippen LogP contribution in [0.2, 0.25) is 0 Å². The third-order valence-corrected chi connectivity index (χ3v) is 4.21. The summed E-state index contributed by atoms with van der Waals surface area (Å²) in [5, 5.41) is 3.70. The highest BCUT2D eigenvalue weighted by molar-refractivity contribution is 5.15. The Labute approximate surface area is 127 Å². The predicted molar refractivity (Wildman–Crippen MR) is 88.3 cm³/mol. The molecule has 2 aromatic carbocycles. The Morgan fingerprint density at radius 3 is 2.29 bits per heavy atom. The molecule has 2 aromatic rings. The summed E-state index contributed by atoms with van der Waals surface area (Å²) in [7, 11) is 0. The van der Waals surface area contributed by atoms with Crippen LogP contribution in [0, 0.1) is 0 Å². The second-order valence-corrected chi connectivity index (χ2v) is 5.90. The number of likely N-dealkylation sites (tertiary alicyclic amines) is 1. The van der Waals surface area contributed by atoms with Crippen LogP contribution in [-0.2, 0) is 13.0 Å². The molecule has 1 fully saturated rings. The molecule has 1 aliphatic heterocycles. The maximum atomic E-state index is 3.70. The van der Waals surface area contributed by atoms with Gasteiger partial charge in [-0.1, -0.05) is 60.7 Å². The average Bonchev–Trinajstić information content (AvgIpc) is 2.97. The third kappa shape index (κ3) is 4.42. The first kappa shape index (κ1) is 14.3. The summed E-state index contributed by atoms with van der Waals surface area (Å²) in [6, 6.07) is 22.2. The van der Waals surface area contributed by atoms with Gasteiger partial charge in [0.1, 0.15) is 0 Å². The highest BCUT2D eigenvalue weighted by Crippen LogP contribution is 2.13. The lowest BCUT2D eigenvalue weighted by atomic mass is 10.1. The Morgan fingerprint density at radius 1 is 0.905 bits per heavy atom. The molecule has 3 rings (SSSR count). The van der Waals surface area contributed by atoms with Crippen LogP contribution in [0.4, 0.5) is 0 Å². The number of hydrogen-bond acceptors (Lipinski definition) is 2. The first-order chi connectivity index (χ1) is 10.4. The molecule has 2 heteroatoms. The van der Waals surface area contributed by atoms with Crippen LogP contribution in [0.3, 0.4) is 0 Å². The SMILES string of the molecule is c1ccc(CCN[C@@H]2CCN(Cc3ccccc3)C2)cc1. The quantitative estimate of drug-likeness (QED) is 0.875.